The second-order valence-electron chi connectivity index (χ2n) is 7.18. The number of fused-ring (bicyclic) bond motifs is 1. The third kappa shape index (κ3) is 4.49. The van der Waals surface area contributed by atoms with Crippen LogP contribution in [0.1, 0.15) is 23.6 Å². The van der Waals surface area contributed by atoms with Gasteiger partial charge in [0, 0.05) is 18.9 Å². The van der Waals surface area contributed by atoms with Gasteiger partial charge >= 0.3 is 0 Å². The quantitative estimate of drug-likeness (QED) is 0.486. The fourth-order valence-electron chi connectivity index (χ4n) is 3.73. The Kier molecular flexibility index (Phi) is 5.61. The monoisotopic (exact) mass is 384 g/mol. The van der Waals surface area contributed by atoms with E-state index in [1.807, 2.05) is 48.8 Å². The van der Waals surface area contributed by atoms with Crippen LogP contribution in [0, 0.1) is 0 Å². The fraction of sp³-hybridized carbons (Fsp3) is 0.160. The molecule has 1 amide bonds. The van der Waals surface area contributed by atoms with Crippen molar-refractivity contribution in [3.05, 3.63) is 102 Å². The zero-order valence-electron chi connectivity index (χ0n) is 16.2. The van der Waals surface area contributed by atoms with Gasteiger partial charge in [-0.25, -0.2) is 0 Å². The number of phenolic OH excluding ortho intramolecular Hbond substituents is 1. The number of phenols is 1. The molecule has 29 heavy (non-hydrogen) atoms. The minimum atomic E-state index is -0.0650. The van der Waals surface area contributed by atoms with E-state index in [9.17, 15) is 9.90 Å². The number of aromatic hydroxyl groups is 1. The smallest absolute Gasteiger partial charge is 0.222 e. The lowest BCUT2D eigenvalue weighted by molar-refractivity contribution is -0.121. The van der Waals surface area contributed by atoms with Gasteiger partial charge in [-0.1, -0.05) is 54.6 Å². The first kappa shape index (κ1) is 18.8. The van der Waals surface area contributed by atoms with Crippen LogP contribution in [0.4, 0.5) is 0 Å². The predicted molar refractivity (Wildman–Crippen MR) is 116 cm³/mol. The van der Waals surface area contributed by atoms with Gasteiger partial charge in [0.15, 0.2) is 0 Å². The van der Waals surface area contributed by atoms with Gasteiger partial charge in [0.05, 0.1) is 12.5 Å². The molecule has 0 spiro atoms. The average molecular weight is 384 g/mol. The van der Waals surface area contributed by atoms with Crippen molar-refractivity contribution >= 4 is 16.7 Å². The van der Waals surface area contributed by atoms with E-state index in [1.54, 1.807) is 12.1 Å². The minimum Gasteiger partial charge on any atom is -0.508 e. The molecule has 1 atom stereocenters. The summed E-state index contributed by atoms with van der Waals surface area (Å²) in [5, 5.41) is 14.8. The molecule has 3 aromatic carbocycles. The van der Waals surface area contributed by atoms with Crippen LogP contribution in [0.15, 0.2) is 91.3 Å². The Balaban J connectivity index is 1.49. The molecule has 4 nitrogen and oxygen atoms in total. The van der Waals surface area contributed by atoms with E-state index in [0.717, 1.165) is 17.5 Å². The summed E-state index contributed by atoms with van der Waals surface area (Å²) >= 11 is 0. The molecule has 0 aliphatic rings. The first-order valence-corrected chi connectivity index (χ1v) is 9.85. The molecule has 0 aliphatic carbocycles. The first-order chi connectivity index (χ1) is 14.2. The highest BCUT2D eigenvalue weighted by Gasteiger charge is 2.19. The Bertz CT molecular complexity index is 1080. The van der Waals surface area contributed by atoms with Crippen LogP contribution in [-0.2, 0) is 11.2 Å². The number of hydrogen-bond donors (Lipinski definition) is 2. The van der Waals surface area contributed by atoms with Crippen LogP contribution in [0.5, 0.6) is 5.75 Å². The van der Waals surface area contributed by atoms with Gasteiger partial charge in [-0.3, -0.25) is 4.79 Å². The summed E-state index contributed by atoms with van der Waals surface area (Å²) in [4.78, 5) is 12.7. The molecule has 4 rings (SSSR count). The van der Waals surface area contributed by atoms with Crippen molar-refractivity contribution in [3.63, 3.8) is 0 Å². The second-order valence-corrected chi connectivity index (χ2v) is 7.18. The molecule has 0 aliphatic heterocycles. The molecule has 1 heterocycles. The molecule has 0 saturated carbocycles. The number of amides is 1. The number of rotatable bonds is 7. The van der Waals surface area contributed by atoms with Crippen LogP contribution in [0.2, 0.25) is 0 Å². The first-order valence-electron chi connectivity index (χ1n) is 9.85. The number of carbonyl (C=O) groups excluding carboxylic acids is 1. The highest BCUT2D eigenvalue weighted by molar-refractivity contribution is 5.87. The van der Waals surface area contributed by atoms with Gasteiger partial charge in [0.1, 0.15) is 5.75 Å². The fourth-order valence-corrected chi connectivity index (χ4v) is 3.73. The molecule has 1 aromatic heterocycles. The van der Waals surface area contributed by atoms with Crippen molar-refractivity contribution in [1.82, 2.24) is 9.88 Å². The van der Waals surface area contributed by atoms with Crippen LogP contribution in [0.3, 0.4) is 0 Å². The lowest BCUT2D eigenvalue weighted by Crippen LogP contribution is -2.28. The maximum absolute atomic E-state index is 12.7. The standard InChI is InChI=1S/C25H24N2O2/c28-21-12-10-19(11-13-21)14-15-26-25(29)18-24(27-16-3-4-17-27)23-9-5-7-20-6-1-2-8-22(20)23/h1-13,16-17,24,28H,14-15,18H2,(H,26,29)/t24-/m1/s1. The van der Waals surface area contributed by atoms with Gasteiger partial charge in [-0.05, 0) is 52.6 Å². The average Bonchev–Trinajstić information content (AvgIpc) is 3.28. The van der Waals surface area contributed by atoms with Crippen molar-refractivity contribution in [2.45, 2.75) is 18.9 Å². The van der Waals surface area contributed by atoms with Gasteiger partial charge in [-0.15, -0.1) is 0 Å². The normalized spacial score (nSPS) is 12.0. The third-order valence-electron chi connectivity index (χ3n) is 5.22. The summed E-state index contributed by atoms with van der Waals surface area (Å²) in [6, 6.07) is 25.5. The molecule has 0 saturated heterocycles. The summed E-state index contributed by atoms with van der Waals surface area (Å²) in [5.41, 5.74) is 2.23. The van der Waals surface area contributed by atoms with Gasteiger partial charge in [-0.2, -0.15) is 0 Å². The maximum Gasteiger partial charge on any atom is 0.222 e. The summed E-state index contributed by atoms with van der Waals surface area (Å²) in [7, 11) is 0. The second kappa shape index (κ2) is 8.65. The highest BCUT2D eigenvalue weighted by atomic mass is 16.3. The summed E-state index contributed by atoms with van der Waals surface area (Å²) < 4.78 is 2.10. The summed E-state index contributed by atoms with van der Waals surface area (Å²) in [5.74, 6) is 0.276. The molecule has 4 aromatic rings. The van der Waals surface area contributed by atoms with Gasteiger partial charge in [0.2, 0.25) is 5.91 Å². The Morgan fingerprint density at radius 2 is 1.62 bits per heavy atom. The lowest BCUT2D eigenvalue weighted by Gasteiger charge is -2.21. The largest absolute Gasteiger partial charge is 0.508 e. The molecular weight excluding hydrogens is 360 g/mol. The van der Waals surface area contributed by atoms with Crippen LogP contribution in [0.25, 0.3) is 10.8 Å². The Morgan fingerprint density at radius 1 is 0.897 bits per heavy atom. The summed E-state index contributed by atoms with van der Waals surface area (Å²) in [6.45, 7) is 0.567. The molecule has 0 fully saturated rings. The topological polar surface area (TPSA) is 54.3 Å². The van der Waals surface area contributed by atoms with Crippen molar-refractivity contribution in [1.29, 1.82) is 0 Å². The molecule has 2 N–H and O–H groups in total. The van der Waals surface area contributed by atoms with E-state index < -0.39 is 0 Å². The molecule has 0 unspecified atom stereocenters. The van der Waals surface area contributed by atoms with E-state index in [0.29, 0.717) is 13.0 Å². The number of hydrogen-bond acceptors (Lipinski definition) is 2. The Hall–Kier alpha value is -3.53. The van der Waals surface area contributed by atoms with Crippen LogP contribution in [-0.4, -0.2) is 22.1 Å². The molecule has 0 radical (unpaired) electrons. The number of benzene rings is 3. The van der Waals surface area contributed by atoms with E-state index >= 15 is 0 Å². The zero-order valence-corrected chi connectivity index (χ0v) is 16.2. The SMILES string of the molecule is O=C(C[C@H](c1cccc2ccccc12)n1cccc1)NCCc1ccc(O)cc1. The van der Waals surface area contributed by atoms with E-state index in [2.05, 4.69) is 40.2 Å². The predicted octanol–water partition coefficient (Wildman–Crippen LogP) is 4.69. The Morgan fingerprint density at radius 3 is 2.41 bits per heavy atom. The number of nitrogens with one attached hydrogen (secondary N) is 1. The van der Waals surface area contributed by atoms with E-state index in [4.69, 9.17) is 0 Å². The van der Waals surface area contributed by atoms with E-state index in [-0.39, 0.29) is 17.7 Å². The number of carbonyl (C=O) groups is 1. The summed E-state index contributed by atoms with van der Waals surface area (Å²) in [6.07, 6.45) is 5.12. The van der Waals surface area contributed by atoms with Crippen molar-refractivity contribution in [2.75, 3.05) is 6.54 Å². The molecular formula is C25H24N2O2. The zero-order chi connectivity index (χ0) is 20.1. The molecule has 4 heteroatoms. The van der Waals surface area contributed by atoms with Crippen molar-refractivity contribution in [2.24, 2.45) is 0 Å². The maximum atomic E-state index is 12.7. The van der Waals surface area contributed by atoms with Crippen LogP contribution < -0.4 is 5.32 Å². The van der Waals surface area contributed by atoms with E-state index in [1.165, 1.54) is 10.8 Å². The van der Waals surface area contributed by atoms with Gasteiger partial charge in [0.25, 0.3) is 0 Å². The van der Waals surface area contributed by atoms with Crippen molar-refractivity contribution < 1.29 is 9.90 Å². The third-order valence-corrected chi connectivity index (χ3v) is 5.22. The number of aromatic nitrogens is 1. The minimum absolute atomic E-state index is 0.0235. The highest BCUT2D eigenvalue weighted by Crippen LogP contribution is 2.29. The van der Waals surface area contributed by atoms with Gasteiger partial charge < -0.3 is 15.0 Å². The Labute approximate surface area is 170 Å². The van der Waals surface area contributed by atoms with Crippen LogP contribution >= 0.6 is 0 Å². The van der Waals surface area contributed by atoms with Crippen molar-refractivity contribution in [3.8, 4) is 5.75 Å². The molecule has 0 bridgehead atoms. The molecule has 146 valence electrons. The number of nitrogens with zero attached hydrogens (tertiary/aromatic N) is 1. The lowest BCUT2D eigenvalue weighted by atomic mass is 9.96.